The zero-order valence-electron chi connectivity index (χ0n) is 12.4. The van der Waals surface area contributed by atoms with E-state index in [4.69, 9.17) is 0 Å². The van der Waals surface area contributed by atoms with Crippen LogP contribution in [0.1, 0.15) is 25.0 Å². The second kappa shape index (κ2) is 7.65. The molecule has 3 heteroatoms. The Morgan fingerprint density at radius 3 is 2.25 bits per heavy atom. The normalized spacial score (nSPS) is 10.5. The molecule has 2 aromatic rings. The van der Waals surface area contributed by atoms with Crippen LogP contribution in [0.3, 0.4) is 0 Å². The first-order valence-electron chi connectivity index (χ1n) is 7.38. The van der Waals surface area contributed by atoms with E-state index in [0.29, 0.717) is 0 Å². The molecule has 0 spiro atoms. The zero-order chi connectivity index (χ0) is 14.2. The summed E-state index contributed by atoms with van der Waals surface area (Å²) in [6.45, 7) is 8.49. The second-order valence-corrected chi connectivity index (χ2v) is 4.90. The third-order valence-corrected chi connectivity index (χ3v) is 3.55. The van der Waals surface area contributed by atoms with Gasteiger partial charge < -0.3 is 10.2 Å². The number of hydrogen-bond donors (Lipinski definition) is 1. The Morgan fingerprint density at radius 1 is 0.950 bits per heavy atom. The number of anilines is 1. The van der Waals surface area contributed by atoms with Crippen molar-refractivity contribution in [3.63, 3.8) is 0 Å². The summed E-state index contributed by atoms with van der Waals surface area (Å²) in [5, 5.41) is 2.31. The van der Waals surface area contributed by atoms with Gasteiger partial charge in [-0.25, -0.2) is 0 Å². The van der Waals surface area contributed by atoms with Crippen LogP contribution in [0.4, 0.5) is 5.69 Å². The molecule has 0 amide bonds. The Labute approximate surface area is 121 Å². The topological polar surface area (TPSA) is 32.7 Å². The number of benzene rings is 1. The Kier molecular flexibility index (Phi) is 5.56. The fourth-order valence-corrected chi connectivity index (χ4v) is 2.36. The summed E-state index contributed by atoms with van der Waals surface area (Å²) in [7, 11) is 0. The number of nitrogens with two attached hydrogens (primary N) is 1. The van der Waals surface area contributed by atoms with Gasteiger partial charge in [-0.2, -0.15) is 0 Å². The number of pyridine rings is 1. The van der Waals surface area contributed by atoms with Crippen molar-refractivity contribution in [1.29, 1.82) is 0 Å². The van der Waals surface area contributed by atoms with Gasteiger partial charge in [0.2, 0.25) is 0 Å². The number of nitrogens with zero attached hydrogens (tertiary/aromatic N) is 2. The van der Waals surface area contributed by atoms with E-state index in [2.05, 4.69) is 59.4 Å². The summed E-state index contributed by atoms with van der Waals surface area (Å²) in [6.07, 6.45) is 3.75. The minimum absolute atomic E-state index is 0.978. The highest BCUT2D eigenvalue weighted by Gasteiger charge is 2.02. The maximum Gasteiger partial charge on any atom is 0.103 e. The summed E-state index contributed by atoms with van der Waals surface area (Å²) in [5.41, 5.74) is 3.95. The average Bonchev–Trinajstić information content (AvgIpc) is 2.51. The van der Waals surface area contributed by atoms with E-state index in [-0.39, 0.29) is 0 Å². The molecule has 0 saturated carbocycles. The molecule has 1 aromatic carbocycles. The van der Waals surface area contributed by atoms with Crippen LogP contribution in [0.5, 0.6) is 0 Å². The van der Waals surface area contributed by atoms with E-state index in [1.165, 1.54) is 16.8 Å². The lowest BCUT2D eigenvalue weighted by Crippen LogP contribution is -2.80. The van der Waals surface area contributed by atoms with E-state index in [0.717, 1.165) is 26.2 Å². The van der Waals surface area contributed by atoms with Crippen LogP contribution in [0.15, 0.2) is 48.8 Å². The van der Waals surface area contributed by atoms with Gasteiger partial charge in [-0.05, 0) is 32.0 Å². The Morgan fingerprint density at radius 2 is 1.65 bits per heavy atom. The summed E-state index contributed by atoms with van der Waals surface area (Å²) < 4.78 is 0. The minimum Gasteiger partial charge on any atom is -0.372 e. The SMILES string of the molecule is CCN(CC)c1ccc(C[NH2+]Cc2cccnc2)cc1. The molecule has 1 aromatic heterocycles. The predicted molar refractivity (Wildman–Crippen MR) is 83.6 cm³/mol. The number of rotatable bonds is 7. The molecule has 0 atom stereocenters. The second-order valence-electron chi connectivity index (χ2n) is 4.90. The van der Waals surface area contributed by atoms with E-state index >= 15 is 0 Å². The van der Waals surface area contributed by atoms with Gasteiger partial charge in [0.15, 0.2) is 0 Å². The van der Waals surface area contributed by atoms with Crippen LogP contribution in [0.25, 0.3) is 0 Å². The maximum atomic E-state index is 4.13. The van der Waals surface area contributed by atoms with Crippen molar-refractivity contribution in [3.05, 3.63) is 59.9 Å². The summed E-state index contributed by atoms with van der Waals surface area (Å²) >= 11 is 0. The lowest BCUT2D eigenvalue weighted by Gasteiger charge is -2.21. The van der Waals surface area contributed by atoms with Gasteiger partial charge in [0.25, 0.3) is 0 Å². The summed E-state index contributed by atoms with van der Waals surface area (Å²) in [4.78, 5) is 6.50. The fourth-order valence-electron chi connectivity index (χ4n) is 2.36. The lowest BCUT2D eigenvalue weighted by atomic mass is 10.2. The molecular weight excluding hydrogens is 246 g/mol. The van der Waals surface area contributed by atoms with Gasteiger partial charge in [-0.3, -0.25) is 4.98 Å². The summed E-state index contributed by atoms with van der Waals surface area (Å²) in [5.74, 6) is 0. The molecular formula is C17H24N3+. The highest BCUT2D eigenvalue weighted by atomic mass is 15.1. The van der Waals surface area contributed by atoms with Gasteiger partial charge in [-0.1, -0.05) is 18.2 Å². The van der Waals surface area contributed by atoms with Crippen LogP contribution < -0.4 is 10.2 Å². The van der Waals surface area contributed by atoms with Crippen molar-refractivity contribution in [3.8, 4) is 0 Å². The van der Waals surface area contributed by atoms with Crippen molar-refractivity contribution >= 4 is 5.69 Å². The molecule has 0 radical (unpaired) electrons. The molecule has 0 aliphatic rings. The van der Waals surface area contributed by atoms with E-state index in [9.17, 15) is 0 Å². The molecule has 0 fully saturated rings. The van der Waals surface area contributed by atoms with Crippen LogP contribution in [-0.2, 0) is 13.1 Å². The van der Waals surface area contributed by atoms with E-state index in [1.807, 2.05) is 18.5 Å². The van der Waals surface area contributed by atoms with Crippen molar-refractivity contribution in [2.45, 2.75) is 26.9 Å². The molecule has 0 aliphatic heterocycles. The monoisotopic (exact) mass is 270 g/mol. The number of quaternary nitrogens is 1. The Balaban J connectivity index is 1.85. The van der Waals surface area contributed by atoms with Gasteiger partial charge in [0, 0.05) is 42.3 Å². The highest BCUT2D eigenvalue weighted by molar-refractivity contribution is 5.47. The van der Waals surface area contributed by atoms with Crippen LogP contribution in [0.2, 0.25) is 0 Å². The van der Waals surface area contributed by atoms with Gasteiger partial charge in [0.05, 0.1) is 0 Å². The molecule has 1 heterocycles. The predicted octanol–water partition coefficient (Wildman–Crippen LogP) is 2.19. The molecule has 0 unspecified atom stereocenters. The standard InChI is InChI=1S/C17H23N3/c1-3-20(4-2)17-9-7-15(8-10-17)12-19-14-16-6-5-11-18-13-16/h5-11,13,19H,3-4,12,14H2,1-2H3/p+1. The fraction of sp³-hybridized carbons (Fsp3) is 0.353. The van der Waals surface area contributed by atoms with Crippen molar-refractivity contribution in [2.24, 2.45) is 0 Å². The molecule has 0 saturated heterocycles. The Hall–Kier alpha value is -1.87. The van der Waals surface area contributed by atoms with Gasteiger partial charge >= 0.3 is 0 Å². The van der Waals surface area contributed by atoms with Crippen molar-refractivity contribution in [1.82, 2.24) is 4.98 Å². The first kappa shape index (κ1) is 14.5. The first-order valence-corrected chi connectivity index (χ1v) is 7.38. The van der Waals surface area contributed by atoms with Gasteiger partial charge in [-0.15, -0.1) is 0 Å². The van der Waals surface area contributed by atoms with E-state index in [1.54, 1.807) is 0 Å². The molecule has 106 valence electrons. The molecule has 2 N–H and O–H groups in total. The highest BCUT2D eigenvalue weighted by Crippen LogP contribution is 2.14. The smallest absolute Gasteiger partial charge is 0.103 e. The molecule has 0 aliphatic carbocycles. The van der Waals surface area contributed by atoms with Crippen LogP contribution in [-0.4, -0.2) is 18.1 Å². The minimum atomic E-state index is 0.978. The Bertz CT molecular complexity index is 489. The quantitative estimate of drug-likeness (QED) is 0.836. The molecule has 2 rings (SSSR count). The average molecular weight is 270 g/mol. The van der Waals surface area contributed by atoms with Crippen molar-refractivity contribution < 1.29 is 5.32 Å². The van der Waals surface area contributed by atoms with Crippen LogP contribution in [0, 0.1) is 0 Å². The third kappa shape index (κ3) is 4.07. The maximum absolute atomic E-state index is 4.13. The summed E-state index contributed by atoms with van der Waals surface area (Å²) in [6, 6.07) is 13.0. The van der Waals surface area contributed by atoms with E-state index < -0.39 is 0 Å². The number of hydrogen-bond acceptors (Lipinski definition) is 2. The van der Waals surface area contributed by atoms with Gasteiger partial charge in [0.1, 0.15) is 13.1 Å². The van der Waals surface area contributed by atoms with Crippen molar-refractivity contribution in [2.75, 3.05) is 18.0 Å². The molecule has 3 nitrogen and oxygen atoms in total. The first-order chi connectivity index (χ1) is 9.83. The molecule has 0 bridgehead atoms. The van der Waals surface area contributed by atoms with Crippen LogP contribution >= 0.6 is 0 Å². The number of aromatic nitrogens is 1. The zero-order valence-corrected chi connectivity index (χ0v) is 12.4. The molecule has 20 heavy (non-hydrogen) atoms. The lowest BCUT2D eigenvalue weighted by molar-refractivity contribution is -0.686. The third-order valence-electron chi connectivity index (χ3n) is 3.55. The largest absolute Gasteiger partial charge is 0.372 e.